The van der Waals surface area contributed by atoms with Crippen molar-refractivity contribution in [1.29, 1.82) is 0 Å². The number of carbonyl (C=O) groups is 1. The van der Waals surface area contributed by atoms with Gasteiger partial charge in [0.1, 0.15) is 30.2 Å². The van der Waals surface area contributed by atoms with Gasteiger partial charge in [0.25, 0.3) is 0 Å². The Balaban J connectivity index is 0.976. The largest absolute Gasteiger partial charge is 0.446 e. The van der Waals surface area contributed by atoms with E-state index in [4.69, 9.17) is 24.0 Å². The zero-order chi connectivity index (χ0) is 26.9. The molecule has 7 fully saturated rings. The smallest absolute Gasteiger partial charge is 0.413 e. The molecule has 214 valence electrons. The van der Waals surface area contributed by atoms with Crippen LogP contribution in [-0.4, -0.2) is 73.6 Å². The molecule has 0 radical (unpaired) electrons. The van der Waals surface area contributed by atoms with Crippen LogP contribution in [0.15, 0.2) is 17.1 Å². The molecule has 2 spiro atoms. The number of amides is 1. The molecule has 2 saturated heterocycles. The van der Waals surface area contributed by atoms with Crippen LogP contribution >= 0.6 is 0 Å². The van der Waals surface area contributed by atoms with Crippen LogP contribution in [0.4, 0.5) is 10.6 Å². The lowest BCUT2D eigenvalue weighted by molar-refractivity contribution is -0.390. The Hall–Kier alpha value is -2.13. The van der Waals surface area contributed by atoms with Gasteiger partial charge in [0.2, 0.25) is 11.6 Å². The van der Waals surface area contributed by atoms with E-state index < -0.39 is 60.6 Å². The molecule has 6 atom stereocenters. The van der Waals surface area contributed by atoms with Crippen molar-refractivity contribution in [3.63, 3.8) is 0 Å². The number of anilines is 1. The highest BCUT2D eigenvalue weighted by Gasteiger charge is 2.67. The van der Waals surface area contributed by atoms with E-state index in [1.54, 1.807) is 0 Å². The third kappa shape index (κ3) is 4.30. The Kier molecular flexibility index (Phi) is 6.27. The van der Waals surface area contributed by atoms with E-state index in [0.717, 1.165) is 48.5 Å². The number of rotatable bonds is 4. The van der Waals surface area contributed by atoms with Gasteiger partial charge in [-0.25, -0.2) is 9.59 Å². The topological polar surface area (TPSA) is 171 Å². The van der Waals surface area contributed by atoms with Crippen LogP contribution in [0.25, 0.3) is 0 Å². The normalized spacial score (nSPS) is 46.3. The molecule has 13 nitrogen and oxygen atoms in total. The second kappa shape index (κ2) is 9.47. The molecule has 1 amide bonds. The highest BCUT2D eigenvalue weighted by Crippen LogP contribution is 2.63. The maximum atomic E-state index is 12.7. The molecule has 8 rings (SSSR count). The zero-order valence-electron chi connectivity index (χ0n) is 21.5. The molecule has 4 N–H and O–H groups in total. The molecule has 7 aliphatic rings. The summed E-state index contributed by atoms with van der Waals surface area (Å²) in [5.74, 6) is 0.569. The minimum Gasteiger partial charge on any atom is -0.446 e. The summed E-state index contributed by atoms with van der Waals surface area (Å²) in [6, 6.07) is 1.35. The number of aliphatic hydroxyl groups is 3. The van der Waals surface area contributed by atoms with Crippen LogP contribution in [0.1, 0.15) is 64.0 Å². The summed E-state index contributed by atoms with van der Waals surface area (Å²) >= 11 is 0. The van der Waals surface area contributed by atoms with Crippen molar-refractivity contribution in [3.8, 4) is 0 Å². The van der Waals surface area contributed by atoms with Gasteiger partial charge in [-0.1, -0.05) is 0 Å². The molecule has 2 aliphatic heterocycles. The molecule has 1 aromatic rings. The molecule has 4 bridgehead atoms. The predicted molar refractivity (Wildman–Crippen MR) is 130 cm³/mol. The number of hydrogen-bond acceptors (Lipinski definition) is 11. The van der Waals surface area contributed by atoms with Gasteiger partial charge in [-0.05, 0) is 62.8 Å². The van der Waals surface area contributed by atoms with Crippen molar-refractivity contribution in [2.24, 2.45) is 23.7 Å². The van der Waals surface area contributed by atoms with Crippen LogP contribution in [0, 0.1) is 23.7 Å². The van der Waals surface area contributed by atoms with E-state index in [1.807, 2.05) is 0 Å². The number of nitrogens with zero attached hydrogens (tertiary/aromatic N) is 2. The van der Waals surface area contributed by atoms with Gasteiger partial charge in [-0.3, -0.25) is 9.88 Å². The van der Waals surface area contributed by atoms with Crippen molar-refractivity contribution >= 4 is 11.9 Å². The Labute approximate surface area is 224 Å². The summed E-state index contributed by atoms with van der Waals surface area (Å²) in [6.07, 6.45) is 3.25. The van der Waals surface area contributed by atoms with Crippen LogP contribution in [0.2, 0.25) is 0 Å². The van der Waals surface area contributed by atoms with Gasteiger partial charge in [-0.2, -0.15) is 14.8 Å². The second-order valence-electron chi connectivity index (χ2n) is 12.2. The van der Waals surface area contributed by atoms with Gasteiger partial charge >= 0.3 is 11.8 Å². The highest BCUT2D eigenvalue weighted by atomic mass is 17.3. The van der Waals surface area contributed by atoms with Crippen LogP contribution in [-0.2, 0) is 24.0 Å². The Morgan fingerprint density at radius 3 is 2.54 bits per heavy atom. The van der Waals surface area contributed by atoms with Gasteiger partial charge in [0.05, 0.1) is 6.61 Å². The first-order valence-corrected chi connectivity index (χ1v) is 14.0. The SMILES string of the molecule is O=C(Nc1ccn([C@@H]2O[C@H](CO)[C@@H](O)[C@@H]2O)c(=O)n1)OC1CCC[C@]2(C1)OOC1(O2)C2CC3CC(C2)CC1C3. The summed E-state index contributed by atoms with van der Waals surface area (Å²) in [7, 11) is 0. The van der Waals surface area contributed by atoms with Crippen molar-refractivity contribution in [2.45, 2.75) is 100 Å². The van der Waals surface area contributed by atoms with Crippen molar-refractivity contribution in [2.75, 3.05) is 11.9 Å². The molecule has 3 heterocycles. The van der Waals surface area contributed by atoms with E-state index in [-0.39, 0.29) is 5.82 Å². The quantitative estimate of drug-likeness (QED) is 0.398. The van der Waals surface area contributed by atoms with Gasteiger partial charge < -0.3 is 29.5 Å². The van der Waals surface area contributed by atoms with Gasteiger partial charge in [-0.15, -0.1) is 0 Å². The number of nitrogens with one attached hydrogen (secondary N) is 1. The average Bonchev–Trinajstić information content (AvgIpc) is 3.40. The minimum atomic E-state index is -1.42. The average molecular weight is 550 g/mol. The fraction of sp³-hybridized carbons (Fsp3) is 0.808. The highest BCUT2D eigenvalue weighted by molar-refractivity contribution is 5.83. The van der Waals surface area contributed by atoms with Crippen molar-refractivity contribution in [3.05, 3.63) is 22.7 Å². The number of hydrogen-bond donors (Lipinski definition) is 4. The maximum Gasteiger partial charge on any atom is 0.413 e. The molecular weight excluding hydrogens is 514 g/mol. The Bertz CT molecular complexity index is 1150. The summed E-state index contributed by atoms with van der Waals surface area (Å²) in [5, 5.41) is 31.8. The summed E-state index contributed by atoms with van der Waals surface area (Å²) in [6.45, 7) is -0.518. The molecule has 5 aliphatic carbocycles. The van der Waals surface area contributed by atoms with Crippen molar-refractivity contribution < 1.29 is 44.1 Å². The molecule has 1 aromatic heterocycles. The molecule has 13 heteroatoms. The van der Waals surface area contributed by atoms with E-state index >= 15 is 0 Å². The lowest BCUT2D eigenvalue weighted by Crippen LogP contribution is -2.59. The first-order valence-electron chi connectivity index (χ1n) is 14.0. The third-order valence-corrected chi connectivity index (χ3v) is 9.69. The summed E-state index contributed by atoms with van der Waals surface area (Å²) in [4.78, 5) is 41.1. The summed E-state index contributed by atoms with van der Waals surface area (Å²) in [5.41, 5.74) is -0.815. The lowest BCUT2D eigenvalue weighted by atomic mass is 9.53. The maximum absolute atomic E-state index is 12.7. The number of aromatic nitrogens is 2. The van der Waals surface area contributed by atoms with Crippen LogP contribution in [0.3, 0.4) is 0 Å². The molecular formula is C26H35N3O10. The number of ether oxygens (including phenoxy) is 3. The standard InChI is InChI=1S/C26H35N3O10/c30-12-18-20(31)21(32)22(36-18)29-5-3-19(27-23(29)33)28-24(34)35-17-2-1-4-25(11-17)37-26(39-38-25)15-7-13-6-14(9-15)10-16(26)8-13/h3,5,13-18,20-22,30-32H,1-2,4,6-12H2,(H,27,28,33,34)/t13?,14?,15?,16?,17?,18-,20-,21+,22-,25-,26?/m1/s1. The van der Waals surface area contributed by atoms with E-state index in [9.17, 15) is 24.9 Å². The second-order valence-corrected chi connectivity index (χ2v) is 12.2. The number of carbonyl (C=O) groups excluding carboxylic acids is 1. The molecule has 0 aromatic carbocycles. The Morgan fingerprint density at radius 2 is 1.87 bits per heavy atom. The lowest BCUT2D eigenvalue weighted by Gasteiger charge is -2.57. The van der Waals surface area contributed by atoms with Crippen LogP contribution < -0.4 is 11.0 Å². The van der Waals surface area contributed by atoms with Gasteiger partial charge in [0.15, 0.2) is 6.23 Å². The third-order valence-electron chi connectivity index (χ3n) is 9.69. The predicted octanol–water partition coefficient (Wildman–Crippen LogP) is 1.17. The molecule has 1 unspecified atom stereocenters. The molecule has 5 saturated carbocycles. The van der Waals surface area contributed by atoms with Crippen LogP contribution in [0.5, 0.6) is 0 Å². The monoisotopic (exact) mass is 549 g/mol. The Morgan fingerprint density at radius 1 is 1.13 bits per heavy atom. The minimum absolute atomic E-state index is 0.0391. The summed E-state index contributed by atoms with van der Waals surface area (Å²) < 4.78 is 18.7. The van der Waals surface area contributed by atoms with Crippen molar-refractivity contribution in [1.82, 2.24) is 9.55 Å². The first kappa shape index (κ1) is 25.8. The van der Waals surface area contributed by atoms with E-state index in [0.29, 0.717) is 31.1 Å². The van der Waals surface area contributed by atoms with E-state index in [2.05, 4.69) is 10.3 Å². The first-order chi connectivity index (χ1) is 18.8. The molecule has 39 heavy (non-hydrogen) atoms. The van der Waals surface area contributed by atoms with Gasteiger partial charge in [0, 0.05) is 30.9 Å². The fourth-order valence-corrected chi connectivity index (χ4v) is 8.10. The fourth-order valence-electron chi connectivity index (χ4n) is 8.10. The van der Waals surface area contributed by atoms with E-state index in [1.165, 1.54) is 18.7 Å². The number of aliphatic hydroxyl groups excluding tert-OH is 3. The zero-order valence-corrected chi connectivity index (χ0v) is 21.5.